The van der Waals surface area contributed by atoms with Crippen molar-refractivity contribution in [3.8, 4) is 0 Å². The second-order valence-electron chi connectivity index (χ2n) is 3.08. The fraction of sp³-hybridized carbons (Fsp3) is 0.714. The topological polar surface area (TPSA) is 66.0 Å². The number of aromatic nitrogens is 3. The fourth-order valence-electron chi connectivity index (χ4n) is 0.958. The van der Waals surface area contributed by atoms with Crippen LogP contribution < -0.4 is 5.73 Å². The van der Waals surface area contributed by atoms with Crippen LogP contribution in [-0.2, 0) is 11.5 Å². The van der Waals surface area contributed by atoms with Crippen molar-refractivity contribution in [3.05, 3.63) is 6.20 Å². The van der Waals surface area contributed by atoms with Gasteiger partial charge in [0.2, 0.25) is 0 Å². The summed E-state index contributed by atoms with van der Waals surface area (Å²) in [6.07, 6.45) is 4.11. The van der Waals surface area contributed by atoms with E-state index in [4.69, 9.17) is 10.5 Å². The Morgan fingerprint density at radius 3 is 3.08 bits per heavy atom. The molecule has 12 heavy (non-hydrogen) atoms. The van der Waals surface area contributed by atoms with Crippen molar-refractivity contribution in [2.45, 2.75) is 19.6 Å². The molecule has 2 N–H and O–H groups in total. The molecule has 1 heterocycles. The zero-order chi connectivity index (χ0) is 8.39. The normalized spacial score (nSPS) is 16.7. The molecule has 1 aromatic heterocycles. The first-order chi connectivity index (χ1) is 5.84. The predicted octanol–water partition coefficient (Wildman–Crippen LogP) is 0.244. The maximum absolute atomic E-state index is 5.37. The third kappa shape index (κ3) is 1.94. The van der Waals surface area contributed by atoms with E-state index >= 15 is 0 Å². The van der Waals surface area contributed by atoms with E-state index in [1.54, 1.807) is 0 Å². The molecular weight excluding hydrogens is 156 g/mol. The highest BCUT2D eigenvalue weighted by atomic mass is 16.5. The van der Waals surface area contributed by atoms with E-state index in [0.717, 1.165) is 12.5 Å². The summed E-state index contributed by atoms with van der Waals surface area (Å²) in [5.74, 6) is 1.21. The molecule has 2 rings (SSSR count). The molecule has 0 spiro atoms. The molecule has 1 aliphatic carbocycles. The number of anilines is 1. The third-order valence-electron chi connectivity index (χ3n) is 1.81. The third-order valence-corrected chi connectivity index (χ3v) is 1.81. The van der Waals surface area contributed by atoms with Gasteiger partial charge in [0.15, 0.2) is 12.5 Å². The SMILES string of the molecule is Nc1cnn(COCC2CC2)n1. The van der Waals surface area contributed by atoms with E-state index in [-0.39, 0.29) is 0 Å². The molecule has 1 aromatic rings. The molecule has 0 aromatic carbocycles. The van der Waals surface area contributed by atoms with Crippen LogP contribution in [0.4, 0.5) is 5.82 Å². The van der Waals surface area contributed by atoms with Crippen LogP contribution in [0.2, 0.25) is 0 Å². The number of ether oxygens (including phenoxy) is 1. The lowest BCUT2D eigenvalue weighted by Gasteiger charge is -2.00. The molecule has 0 aliphatic heterocycles. The van der Waals surface area contributed by atoms with Gasteiger partial charge in [0.25, 0.3) is 0 Å². The van der Waals surface area contributed by atoms with Crippen molar-refractivity contribution < 1.29 is 4.74 Å². The van der Waals surface area contributed by atoms with Gasteiger partial charge in [-0.3, -0.25) is 0 Å². The molecular formula is C7H12N4O. The van der Waals surface area contributed by atoms with Crippen molar-refractivity contribution in [2.75, 3.05) is 12.3 Å². The minimum Gasteiger partial charge on any atom is -0.381 e. The smallest absolute Gasteiger partial charge is 0.166 e. The fourth-order valence-corrected chi connectivity index (χ4v) is 0.958. The van der Waals surface area contributed by atoms with E-state index in [1.807, 2.05) is 0 Å². The Balaban J connectivity index is 1.71. The maximum Gasteiger partial charge on any atom is 0.166 e. The van der Waals surface area contributed by atoms with Crippen LogP contribution in [0, 0.1) is 5.92 Å². The van der Waals surface area contributed by atoms with E-state index in [0.29, 0.717) is 12.5 Å². The lowest BCUT2D eigenvalue weighted by molar-refractivity contribution is 0.0522. The van der Waals surface area contributed by atoms with E-state index in [2.05, 4.69) is 10.2 Å². The summed E-state index contributed by atoms with van der Waals surface area (Å²) in [6, 6.07) is 0. The summed E-state index contributed by atoms with van der Waals surface area (Å²) in [4.78, 5) is 1.46. The van der Waals surface area contributed by atoms with Crippen LogP contribution in [0.5, 0.6) is 0 Å². The molecule has 0 bridgehead atoms. The van der Waals surface area contributed by atoms with Crippen molar-refractivity contribution in [3.63, 3.8) is 0 Å². The Morgan fingerprint density at radius 1 is 1.67 bits per heavy atom. The predicted molar refractivity (Wildman–Crippen MR) is 43.1 cm³/mol. The average Bonchev–Trinajstić information content (AvgIpc) is 2.76. The lowest BCUT2D eigenvalue weighted by atomic mass is 10.5. The van der Waals surface area contributed by atoms with Gasteiger partial charge in [0.05, 0.1) is 12.8 Å². The van der Waals surface area contributed by atoms with Gasteiger partial charge in [-0.05, 0) is 18.8 Å². The van der Waals surface area contributed by atoms with Gasteiger partial charge in [-0.1, -0.05) is 0 Å². The van der Waals surface area contributed by atoms with E-state index in [9.17, 15) is 0 Å². The zero-order valence-corrected chi connectivity index (χ0v) is 6.81. The highest BCUT2D eigenvalue weighted by Gasteiger charge is 2.21. The van der Waals surface area contributed by atoms with E-state index < -0.39 is 0 Å². The van der Waals surface area contributed by atoms with Gasteiger partial charge in [0.1, 0.15) is 0 Å². The van der Waals surface area contributed by atoms with Crippen LogP contribution in [0.25, 0.3) is 0 Å². The molecule has 0 amide bonds. The lowest BCUT2D eigenvalue weighted by Crippen LogP contribution is -2.07. The summed E-state index contributed by atoms with van der Waals surface area (Å²) in [6.45, 7) is 1.23. The number of nitrogens with zero attached hydrogens (tertiary/aromatic N) is 3. The first-order valence-electron chi connectivity index (χ1n) is 4.08. The second kappa shape index (κ2) is 3.10. The number of hydrogen-bond acceptors (Lipinski definition) is 4. The van der Waals surface area contributed by atoms with Crippen molar-refractivity contribution in [2.24, 2.45) is 5.92 Å². The van der Waals surface area contributed by atoms with Crippen molar-refractivity contribution in [1.29, 1.82) is 0 Å². The Labute approximate surface area is 70.5 Å². The highest BCUT2D eigenvalue weighted by molar-refractivity contribution is 5.19. The molecule has 1 saturated carbocycles. The Hall–Kier alpha value is -1.10. The average molecular weight is 168 g/mol. The number of rotatable bonds is 4. The molecule has 5 heteroatoms. The maximum atomic E-state index is 5.37. The van der Waals surface area contributed by atoms with E-state index in [1.165, 1.54) is 23.8 Å². The minimum atomic E-state index is 0.410. The second-order valence-corrected chi connectivity index (χ2v) is 3.08. The molecule has 1 aliphatic rings. The molecule has 0 atom stereocenters. The molecule has 1 fully saturated rings. The Kier molecular flexibility index (Phi) is 1.95. The summed E-state index contributed by atoms with van der Waals surface area (Å²) in [7, 11) is 0. The van der Waals surface area contributed by atoms with Crippen molar-refractivity contribution >= 4 is 5.82 Å². The molecule has 0 radical (unpaired) electrons. The molecule has 5 nitrogen and oxygen atoms in total. The first-order valence-corrected chi connectivity index (χ1v) is 4.08. The van der Waals surface area contributed by atoms with Gasteiger partial charge in [-0.15, -0.1) is 5.10 Å². The summed E-state index contributed by atoms with van der Waals surface area (Å²) >= 11 is 0. The van der Waals surface area contributed by atoms with Gasteiger partial charge < -0.3 is 10.5 Å². The summed E-state index contributed by atoms with van der Waals surface area (Å²) in [5.41, 5.74) is 5.37. The van der Waals surface area contributed by atoms with Crippen LogP contribution in [-0.4, -0.2) is 21.6 Å². The Morgan fingerprint density at radius 2 is 2.50 bits per heavy atom. The van der Waals surface area contributed by atoms with Gasteiger partial charge in [0, 0.05) is 0 Å². The largest absolute Gasteiger partial charge is 0.381 e. The highest BCUT2D eigenvalue weighted by Crippen LogP contribution is 2.28. The van der Waals surface area contributed by atoms with Crippen LogP contribution in [0.1, 0.15) is 12.8 Å². The molecule has 66 valence electrons. The quantitative estimate of drug-likeness (QED) is 0.699. The monoisotopic (exact) mass is 168 g/mol. The first kappa shape index (κ1) is 7.54. The van der Waals surface area contributed by atoms with Gasteiger partial charge in [-0.25, -0.2) is 0 Å². The van der Waals surface area contributed by atoms with Crippen LogP contribution >= 0.6 is 0 Å². The number of nitrogen functional groups attached to an aromatic ring is 1. The molecule has 0 saturated heterocycles. The van der Waals surface area contributed by atoms with Gasteiger partial charge in [-0.2, -0.15) is 9.90 Å². The standard InChI is InChI=1S/C7H12N4O/c8-7-3-9-11(10-7)5-12-4-6-1-2-6/h3,6H,1-2,4-5H2,(H2,8,10). The van der Waals surface area contributed by atoms with Crippen molar-refractivity contribution in [1.82, 2.24) is 15.0 Å². The summed E-state index contributed by atoms with van der Waals surface area (Å²) < 4.78 is 5.34. The van der Waals surface area contributed by atoms with Gasteiger partial charge >= 0.3 is 0 Å². The number of nitrogens with two attached hydrogens (primary N) is 1. The summed E-state index contributed by atoms with van der Waals surface area (Å²) in [5, 5.41) is 7.77. The minimum absolute atomic E-state index is 0.410. The zero-order valence-electron chi connectivity index (χ0n) is 6.81. The Bertz CT molecular complexity index is 256. The van der Waals surface area contributed by atoms with Crippen LogP contribution in [0.3, 0.4) is 0 Å². The number of hydrogen-bond donors (Lipinski definition) is 1. The molecule has 0 unspecified atom stereocenters. The van der Waals surface area contributed by atoms with Crippen LogP contribution in [0.15, 0.2) is 6.20 Å².